The van der Waals surface area contributed by atoms with Crippen molar-refractivity contribution in [1.82, 2.24) is 20.0 Å². The average Bonchev–Trinajstić information content (AvgIpc) is 3.48. The topological polar surface area (TPSA) is 195 Å². The van der Waals surface area contributed by atoms with Crippen molar-refractivity contribution < 1.29 is 29.4 Å². The number of rotatable bonds is 8. The summed E-state index contributed by atoms with van der Waals surface area (Å²) in [4.78, 5) is 59.6. The van der Waals surface area contributed by atoms with Crippen LogP contribution in [0.4, 0.5) is 0 Å². The van der Waals surface area contributed by atoms with E-state index >= 15 is 0 Å². The Morgan fingerprint density at radius 3 is 2.62 bits per heavy atom. The molecule has 14 heteroatoms. The number of aliphatic carboxylic acids is 1. The molecular weight excluding hydrogens is 502 g/mol. The largest absolute Gasteiger partial charge is 0.477 e. The van der Waals surface area contributed by atoms with E-state index in [1.165, 1.54) is 16.7 Å². The molecule has 3 fully saturated rings. The highest BCUT2D eigenvalue weighted by atomic mass is 32.2. The van der Waals surface area contributed by atoms with Gasteiger partial charge >= 0.3 is 5.97 Å². The van der Waals surface area contributed by atoms with Crippen LogP contribution < -0.4 is 16.8 Å². The summed E-state index contributed by atoms with van der Waals surface area (Å²) in [5, 5.41) is 22.7. The van der Waals surface area contributed by atoms with E-state index < -0.39 is 30.2 Å². The van der Waals surface area contributed by atoms with Crippen LogP contribution in [0, 0.1) is 11.8 Å². The number of amides is 3. The third-order valence-corrected chi connectivity index (χ3v) is 9.16. The van der Waals surface area contributed by atoms with Crippen molar-refractivity contribution in [3.05, 3.63) is 10.6 Å². The zero-order valence-electron chi connectivity index (χ0n) is 21.2. The monoisotopic (exact) mass is 537 g/mol. The number of likely N-dealkylation sites (N-methyl/N-ethyl adjacent to an activating group) is 1. The number of likely N-dealkylation sites (tertiary alicyclic amines) is 2. The minimum absolute atomic E-state index is 0.00933. The number of carbonyl (C=O) groups is 4. The number of fused-ring (bicyclic) bond motifs is 1. The summed E-state index contributed by atoms with van der Waals surface area (Å²) in [6.45, 7) is 4.32. The summed E-state index contributed by atoms with van der Waals surface area (Å²) in [5.41, 5.74) is 10.6. The zero-order valence-corrected chi connectivity index (χ0v) is 22.0. The van der Waals surface area contributed by atoms with E-state index in [1.807, 2.05) is 18.9 Å². The van der Waals surface area contributed by atoms with Crippen LogP contribution in [0.25, 0.3) is 0 Å². The molecule has 7 unspecified atom stereocenters. The van der Waals surface area contributed by atoms with Gasteiger partial charge in [-0.1, -0.05) is 6.92 Å². The number of hydrogen-bond donors (Lipinski definition) is 5. The van der Waals surface area contributed by atoms with Crippen LogP contribution in [0.15, 0.2) is 15.6 Å². The van der Waals surface area contributed by atoms with Crippen LogP contribution in [0.5, 0.6) is 0 Å². The fourth-order valence-corrected chi connectivity index (χ4v) is 7.55. The van der Waals surface area contributed by atoms with Crippen molar-refractivity contribution in [2.45, 2.75) is 62.7 Å². The maximum atomic E-state index is 13.5. The van der Waals surface area contributed by atoms with Gasteiger partial charge in [0.2, 0.25) is 17.7 Å². The second kappa shape index (κ2) is 10.5. The summed E-state index contributed by atoms with van der Waals surface area (Å²) in [6.07, 6.45) is 0.610. The van der Waals surface area contributed by atoms with Gasteiger partial charge in [0.15, 0.2) is 5.96 Å². The van der Waals surface area contributed by atoms with E-state index in [-0.39, 0.29) is 53.1 Å². The number of nitrogens with one attached hydrogen (secondary N) is 1. The number of thioether (sulfide) groups is 1. The number of aliphatic hydroxyl groups is 1. The predicted molar refractivity (Wildman–Crippen MR) is 136 cm³/mol. The Kier molecular flexibility index (Phi) is 7.72. The number of aliphatic hydroxyl groups excluding tert-OH is 1. The number of β-lactam (4-membered cyclic amide) rings is 1. The molecule has 7 atom stereocenters. The molecule has 3 saturated heterocycles. The number of nitrogens with zero attached hydrogens (tertiary/aromatic N) is 4. The fourth-order valence-electron chi connectivity index (χ4n) is 5.95. The average molecular weight is 538 g/mol. The van der Waals surface area contributed by atoms with Crippen LogP contribution in [-0.2, 0) is 19.2 Å². The second-order valence-electron chi connectivity index (χ2n) is 10.2. The summed E-state index contributed by atoms with van der Waals surface area (Å²) in [5.74, 6) is -3.00. The minimum atomic E-state index is -1.16. The number of carboxylic acids is 1. The normalized spacial score (nSPS) is 32.3. The first-order valence-electron chi connectivity index (χ1n) is 12.4. The molecule has 4 aliphatic rings. The lowest BCUT2D eigenvalue weighted by atomic mass is 9.79. The summed E-state index contributed by atoms with van der Waals surface area (Å²) < 4.78 is 0. The number of guanidine groups is 1. The molecule has 7 N–H and O–H groups in total. The van der Waals surface area contributed by atoms with Crippen LogP contribution >= 0.6 is 11.8 Å². The Hall–Kier alpha value is -2.84. The zero-order chi connectivity index (χ0) is 27.2. The smallest absolute Gasteiger partial charge is 0.353 e. The minimum Gasteiger partial charge on any atom is -0.477 e. The van der Waals surface area contributed by atoms with Crippen LogP contribution in [0.3, 0.4) is 0 Å². The summed E-state index contributed by atoms with van der Waals surface area (Å²) in [7, 11) is 1.86. The molecule has 0 aromatic carbocycles. The van der Waals surface area contributed by atoms with Gasteiger partial charge in [0.1, 0.15) is 18.4 Å². The second-order valence-corrected chi connectivity index (χ2v) is 11.5. The van der Waals surface area contributed by atoms with Crippen molar-refractivity contribution in [1.29, 1.82) is 0 Å². The highest BCUT2D eigenvalue weighted by Gasteiger charge is 2.60. The van der Waals surface area contributed by atoms with Crippen LogP contribution in [-0.4, -0.2) is 111 Å². The Morgan fingerprint density at radius 2 is 2.00 bits per heavy atom. The van der Waals surface area contributed by atoms with Crippen molar-refractivity contribution in [3.63, 3.8) is 0 Å². The molecule has 0 saturated carbocycles. The number of nitrogens with two attached hydrogens (primary N) is 2. The van der Waals surface area contributed by atoms with E-state index in [4.69, 9.17) is 11.5 Å². The van der Waals surface area contributed by atoms with Gasteiger partial charge in [0, 0.05) is 29.2 Å². The lowest BCUT2D eigenvalue weighted by molar-refractivity contribution is -0.163. The molecule has 4 rings (SSSR count). The molecular formula is C23H35N7O6S. The Labute approximate surface area is 219 Å². The maximum absolute atomic E-state index is 13.5. The lowest BCUT2D eigenvalue weighted by Crippen LogP contribution is -2.63. The van der Waals surface area contributed by atoms with Crippen LogP contribution in [0.2, 0.25) is 0 Å². The molecule has 0 spiro atoms. The van der Waals surface area contributed by atoms with Crippen molar-refractivity contribution >= 4 is 41.4 Å². The standard InChI is InChI=1S/C23H35N7O6S/c1-10-17-16(11(2)31)21(34)30(17)18(22(35)36)19(10)37-12-7-13(28(3)9-12)20(33)29-6-4-5-14(29)27-15(32)8-26-23(24)25/h10-14,16-17,31H,4-9H2,1-3H3,(H,27,32)(H,35,36)(H4,24,25,26). The van der Waals surface area contributed by atoms with E-state index in [0.29, 0.717) is 30.8 Å². The van der Waals surface area contributed by atoms with Crippen molar-refractivity contribution in [2.75, 3.05) is 26.7 Å². The molecule has 13 nitrogen and oxygen atoms in total. The molecule has 4 aliphatic heterocycles. The predicted octanol–water partition coefficient (Wildman–Crippen LogP) is -1.72. The molecule has 0 radical (unpaired) electrons. The fraction of sp³-hybridized carbons (Fsp3) is 0.696. The third kappa shape index (κ3) is 5.01. The van der Waals surface area contributed by atoms with Crippen LogP contribution in [0.1, 0.15) is 33.1 Å². The number of aliphatic imine (C=N–C) groups is 1. The molecule has 0 aliphatic carbocycles. The first-order valence-corrected chi connectivity index (χ1v) is 13.3. The molecule has 0 bridgehead atoms. The molecule has 3 amide bonds. The Bertz CT molecular complexity index is 1040. The number of carboxylic acid groups (broad SMARTS) is 1. The van der Waals surface area contributed by atoms with E-state index in [1.54, 1.807) is 11.8 Å². The quantitative estimate of drug-likeness (QED) is 0.135. The highest BCUT2D eigenvalue weighted by molar-refractivity contribution is 8.03. The van der Waals surface area contributed by atoms with Gasteiger partial charge < -0.3 is 36.8 Å². The maximum Gasteiger partial charge on any atom is 0.353 e. The number of carbonyl (C=O) groups excluding carboxylic acids is 3. The van der Waals surface area contributed by atoms with Gasteiger partial charge in [0.05, 0.1) is 24.1 Å². The molecule has 4 heterocycles. The Morgan fingerprint density at radius 1 is 1.30 bits per heavy atom. The molecule has 0 aromatic heterocycles. The van der Waals surface area contributed by atoms with Gasteiger partial charge in [-0.25, -0.2) is 9.79 Å². The third-order valence-electron chi connectivity index (χ3n) is 7.67. The van der Waals surface area contributed by atoms with E-state index in [9.17, 15) is 29.4 Å². The van der Waals surface area contributed by atoms with Gasteiger partial charge in [-0.2, -0.15) is 0 Å². The van der Waals surface area contributed by atoms with E-state index in [2.05, 4.69) is 10.3 Å². The summed E-state index contributed by atoms with van der Waals surface area (Å²) >= 11 is 1.41. The number of hydrogen-bond acceptors (Lipinski definition) is 8. The SMILES string of the molecule is CC(O)C1C(=O)N2C(C(=O)O)=C(SC3CC(C(=O)N4CCCC4NC(=O)CN=C(N)N)N(C)C3)C(C)C12. The Balaban J connectivity index is 1.43. The molecule has 0 aromatic rings. The van der Waals surface area contributed by atoms with Gasteiger partial charge in [-0.3, -0.25) is 19.3 Å². The highest BCUT2D eigenvalue weighted by Crippen LogP contribution is 2.52. The van der Waals surface area contributed by atoms with Gasteiger partial charge in [-0.05, 0) is 33.2 Å². The first kappa shape index (κ1) is 27.2. The van der Waals surface area contributed by atoms with Crippen molar-refractivity contribution in [3.8, 4) is 0 Å². The lowest BCUT2D eigenvalue weighted by Gasteiger charge is -2.46. The molecule has 37 heavy (non-hydrogen) atoms. The van der Waals surface area contributed by atoms with E-state index in [0.717, 1.165) is 6.42 Å². The molecule has 204 valence electrons. The van der Waals surface area contributed by atoms with Crippen molar-refractivity contribution in [2.24, 2.45) is 28.3 Å². The first-order chi connectivity index (χ1) is 17.4. The summed E-state index contributed by atoms with van der Waals surface area (Å²) in [6, 6.07) is -0.784. The van der Waals surface area contributed by atoms with Gasteiger partial charge in [0.25, 0.3) is 0 Å². The van der Waals surface area contributed by atoms with Gasteiger partial charge in [-0.15, -0.1) is 11.8 Å².